The Morgan fingerprint density at radius 1 is 1.10 bits per heavy atom. The quantitative estimate of drug-likeness (QED) is 0.902. The van der Waals surface area contributed by atoms with E-state index in [0.29, 0.717) is 11.6 Å². The summed E-state index contributed by atoms with van der Waals surface area (Å²) in [5.74, 6) is -1.65. The average Bonchev–Trinajstić information content (AvgIpc) is 2.92. The number of hydrogen-bond donors (Lipinski definition) is 1. The second kappa shape index (κ2) is 4.69. The number of aromatic nitrogens is 4. The second-order valence-electron chi connectivity index (χ2n) is 4.79. The highest BCUT2D eigenvalue weighted by atomic mass is 19.3. The summed E-state index contributed by atoms with van der Waals surface area (Å²) in [6.07, 6.45) is 2.72. The summed E-state index contributed by atoms with van der Waals surface area (Å²) >= 11 is 0. The van der Waals surface area contributed by atoms with Crippen molar-refractivity contribution in [2.75, 3.05) is 23.7 Å². The Labute approximate surface area is 114 Å². The molecule has 6 nitrogen and oxygen atoms in total. The Balaban J connectivity index is 1.95. The summed E-state index contributed by atoms with van der Waals surface area (Å²) in [4.78, 5) is 6.11. The molecule has 3 heterocycles. The van der Waals surface area contributed by atoms with Crippen molar-refractivity contribution in [2.45, 2.75) is 18.8 Å². The van der Waals surface area contributed by atoms with Gasteiger partial charge in [0, 0.05) is 25.9 Å². The molecule has 1 saturated heterocycles. The third-order valence-electron chi connectivity index (χ3n) is 3.37. The number of piperidine rings is 1. The lowest BCUT2D eigenvalue weighted by Gasteiger charge is -2.33. The van der Waals surface area contributed by atoms with E-state index in [1.807, 2.05) is 4.90 Å². The van der Waals surface area contributed by atoms with E-state index in [0.717, 1.165) is 5.69 Å². The molecule has 0 saturated carbocycles. The van der Waals surface area contributed by atoms with Gasteiger partial charge in [0.05, 0.1) is 5.69 Å². The van der Waals surface area contributed by atoms with E-state index in [-0.39, 0.29) is 25.9 Å². The highest BCUT2D eigenvalue weighted by Crippen LogP contribution is 2.32. The summed E-state index contributed by atoms with van der Waals surface area (Å²) in [5.41, 5.74) is 6.45. The first-order valence-electron chi connectivity index (χ1n) is 6.29. The molecule has 0 aliphatic carbocycles. The molecule has 1 aliphatic heterocycles. The summed E-state index contributed by atoms with van der Waals surface area (Å²) in [7, 11) is 0. The molecule has 0 aromatic carbocycles. The number of pyridine rings is 1. The molecule has 0 unspecified atom stereocenters. The van der Waals surface area contributed by atoms with Gasteiger partial charge in [0.15, 0.2) is 5.82 Å². The van der Waals surface area contributed by atoms with Crippen LogP contribution < -0.4 is 10.6 Å². The smallest absolute Gasteiger partial charge is 0.251 e. The molecule has 0 radical (unpaired) electrons. The molecule has 106 valence electrons. The average molecular weight is 280 g/mol. The standard InChI is InChI=1S/C12H14F2N6/c13-12(14)3-5-19(6-4-12)11-9(1-2-10(15)18-11)20-7-16-17-8-20/h1-2,7-8H,3-6H2,(H2,15,18). The molecule has 0 atom stereocenters. The SMILES string of the molecule is Nc1ccc(-n2cnnc2)c(N2CCC(F)(F)CC2)n1. The number of nitrogen functional groups attached to an aromatic ring is 1. The number of anilines is 2. The van der Waals surface area contributed by atoms with Crippen LogP contribution in [0, 0.1) is 0 Å². The monoisotopic (exact) mass is 280 g/mol. The first-order chi connectivity index (χ1) is 9.55. The van der Waals surface area contributed by atoms with Crippen molar-refractivity contribution in [3.63, 3.8) is 0 Å². The van der Waals surface area contributed by atoms with E-state index in [1.165, 1.54) is 12.7 Å². The molecule has 1 aliphatic rings. The number of rotatable bonds is 2. The third-order valence-corrected chi connectivity index (χ3v) is 3.37. The summed E-state index contributed by atoms with van der Waals surface area (Å²) in [5, 5.41) is 7.49. The van der Waals surface area contributed by atoms with Crippen LogP contribution in [0.4, 0.5) is 20.4 Å². The number of alkyl halides is 2. The van der Waals surface area contributed by atoms with Crippen molar-refractivity contribution < 1.29 is 8.78 Å². The molecular weight excluding hydrogens is 266 g/mol. The zero-order valence-corrected chi connectivity index (χ0v) is 10.7. The van der Waals surface area contributed by atoms with Crippen molar-refractivity contribution >= 4 is 11.6 Å². The van der Waals surface area contributed by atoms with Gasteiger partial charge in [0.2, 0.25) is 0 Å². The highest BCUT2D eigenvalue weighted by Gasteiger charge is 2.35. The fourth-order valence-electron chi connectivity index (χ4n) is 2.26. The molecule has 2 aromatic rings. The summed E-state index contributed by atoms with van der Waals surface area (Å²) < 4.78 is 28.2. The number of hydrogen-bond acceptors (Lipinski definition) is 5. The van der Waals surface area contributed by atoms with Crippen molar-refractivity contribution in [3.05, 3.63) is 24.8 Å². The molecular formula is C12H14F2N6. The van der Waals surface area contributed by atoms with Crippen LogP contribution in [0.1, 0.15) is 12.8 Å². The van der Waals surface area contributed by atoms with Crippen LogP contribution in [-0.4, -0.2) is 38.8 Å². The van der Waals surface area contributed by atoms with Crippen LogP contribution in [0.2, 0.25) is 0 Å². The van der Waals surface area contributed by atoms with E-state index in [9.17, 15) is 8.78 Å². The van der Waals surface area contributed by atoms with Crippen molar-refractivity contribution in [2.24, 2.45) is 0 Å². The molecule has 2 N–H and O–H groups in total. The van der Waals surface area contributed by atoms with Crippen LogP contribution in [0.25, 0.3) is 5.69 Å². The van der Waals surface area contributed by atoms with Gasteiger partial charge in [-0.2, -0.15) is 0 Å². The van der Waals surface area contributed by atoms with Gasteiger partial charge in [-0.3, -0.25) is 4.57 Å². The van der Waals surface area contributed by atoms with E-state index in [2.05, 4.69) is 15.2 Å². The molecule has 3 rings (SSSR count). The number of halogens is 2. The lowest BCUT2D eigenvalue weighted by molar-refractivity contribution is -0.0221. The fraction of sp³-hybridized carbons (Fsp3) is 0.417. The maximum atomic E-state index is 13.2. The molecule has 0 spiro atoms. The van der Waals surface area contributed by atoms with Gasteiger partial charge in [-0.25, -0.2) is 13.8 Å². The van der Waals surface area contributed by atoms with Gasteiger partial charge in [-0.1, -0.05) is 0 Å². The lowest BCUT2D eigenvalue weighted by atomic mass is 10.1. The normalized spacial score (nSPS) is 18.2. The van der Waals surface area contributed by atoms with Gasteiger partial charge in [-0.15, -0.1) is 10.2 Å². The van der Waals surface area contributed by atoms with Gasteiger partial charge in [-0.05, 0) is 12.1 Å². The minimum atomic E-state index is -2.59. The van der Waals surface area contributed by atoms with E-state index in [1.54, 1.807) is 16.7 Å². The predicted molar refractivity (Wildman–Crippen MR) is 70.0 cm³/mol. The van der Waals surface area contributed by atoms with E-state index < -0.39 is 5.92 Å². The molecule has 0 bridgehead atoms. The van der Waals surface area contributed by atoms with E-state index >= 15 is 0 Å². The highest BCUT2D eigenvalue weighted by molar-refractivity contribution is 5.61. The van der Waals surface area contributed by atoms with Crippen LogP contribution in [-0.2, 0) is 0 Å². The number of nitrogens with zero attached hydrogens (tertiary/aromatic N) is 5. The third kappa shape index (κ3) is 2.40. The minimum Gasteiger partial charge on any atom is -0.384 e. The van der Waals surface area contributed by atoms with Crippen molar-refractivity contribution in [1.82, 2.24) is 19.7 Å². The van der Waals surface area contributed by atoms with Crippen molar-refractivity contribution in [3.8, 4) is 5.69 Å². The topological polar surface area (TPSA) is 72.9 Å². The van der Waals surface area contributed by atoms with Gasteiger partial charge in [0.25, 0.3) is 5.92 Å². The predicted octanol–water partition coefficient (Wildman–Crippen LogP) is 1.48. The Kier molecular flexibility index (Phi) is 3.00. The zero-order chi connectivity index (χ0) is 14.2. The van der Waals surface area contributed by atoms with Gasteiger partial charge < -0.3 is 10.6 Å². The first kappa shape index (κ1) is 12.8. The van der Waals surface area contributed by atoms with Crippen molar-refractivity contribution in [1.29, 1.82) is 0 Å². The van der Waals surface area contributed by atoms with E-state index in [4.69, 9.17) is 5.73 Å². The van der Waals surface area contributed by atoms with Gasteiger partial charge in [0.1, 0.15) is 18.5 Å². The fourth-order valence-corrected chi connectivity index (χ4v) is 2.26. The minimum absolute atomic E-state index is 0.175. The molecule has 20 heavy (non-hydrogen) atoms. The molecule has 0 amide bonds. The molecule has 8 heteroatoms. The second-order valence-corrected chi connectivity index (χ2v) is 4.79. The zero-order valence-electron chi connectivity index (χ0n) is 10.7. The summed E-state index contributed by atoms with van der Waals surface area (Å²) in [6, 6.07) is 3.45. The van der Waals surface area contributed by atoms with Gasteiger partial charge >= 0.3 is 0 Å². The Bertz CT molecular complexity index is 588. The first-order valence-corrected chi connectivity index (χ1v) is 6.29. The van der Waals surface area contributed by atoms with Crippen LogP contribution in [0.15, 0.2) is 24.8 Å². The van der Waals surface area contributed by atoms with Crippen LogP contribution >= 0.6 is 0 Å². The Morgan fingerprint density at radius 2 is 1.75 bits per heavy atom. The molecule has 2 aromatic heterocycles. The number of nitrogens with two attached hydrogens (primary N) is 1. The maximum absolute atomic E-state index is 13.2. The Morgan fingerprint density at radius 3 is 2.40 bits per heavy atom. The largest absolute Gasteiger partial charge is 0.384 e. The Hall–Kier alpha value is -2.25. The van der Waals surface area contributed by atoms with Crippen LogP contribution in [0.5, 0.6) is 0 Å². The maximum Gasteiger partial charge on any atom is 0.251 e. The van der Waals surface area contributed by atoms with Crippen LogP contribution in [0.3, 0.4) is 0 Å². The summed E-state index contributed by atoms with van der Waals surface area (Å²) in [6.45, 7) is 0.497. The lowest BCUT2D eigenvalue weighted by Crippen LogP contribution is -2.40. The molecule has 1 fully saturated rings.